The summed E-state index contributed by atoms with van der Waals surface area (Å²) in [6.45, 7) is 3.06. The Labute approximate surface area is 226 Å². The van der Waals surface area contributed by atoms with E-state index in [0.717, 1.165) is 48.2 Å². The number of Topliss-reactive ketones (excluding diaryl/α,β-unsaturated/α-hetero) is 1. The van der Waals surface area contributed by atoms with Gasteiger partial charge in [0.1, 0.15) is 12.6 Å². The molecular formula is C29H39N3O5S. The highest BCUT2D eigenvalue weighted by atomic mass is 32.2. The van der Waals surface area contributed by atoms with Gasteiger partial charge in [-0.25, -0.2) is 8.42 Å². The summed E-state index contributed by atoms with van der Waals surface area (Å²) in [5.74, 6) is -0.878. The summed E-state index contributed by atoms with van der Waals surface area (Å²) in [6.07, 6.45) is 7.11. The smallest absolute Gasteiger partial charge is 0.244 e. The fourth-order valence-corrected chi connectivity index (χ4v) is 5.78. The molecule has 0 radical (unpaired) electrons. The van der Waals surface area contributed by atoms with Crippen LogP contribution < -0.4 is 9.62 Å². The minimum absolute atomic E-state index is 0.0956. The van der Waals surface area contributed by atoms with Crippen LogP contribution in [-0.2, 0) is 26.0 Å². The van der Waals surface area contributed by atoms with Crippen molar-refractivity contribution >= 4 is 33.3 Å². The normalized spacial score (nSPS) is 14.9. The molecule has 1 saturated carbocycles. The molecule has 0 bridgehead atoms. The first kappa shape index (κ1) is 29.4. The lowest BCUT2D eigenvalue weighted by Crippen LogP contribution is -2.54. The molecule has 2 aromatic rings. The zero-order chi connectivity index (χ0) is 27.7. The Balaban J connectivity index is 1.88. The highest BCUT2D eigenvalue weighted by Gasteiger charge is 2.32. The second-order valence-electron chi connectivity index (χ2n) is 9.97. The fourth-order valence-electron chi connectivity index (χ4n) is 4.93. The van der Waals surface area contributed by atoms with Crippen LogP contribution in [-0.4, -0.2) is 62.3 Å². The summed E-state index contributed by atoms with van der Waals surface area (Å²) >= 11 is 0. The van der Waals surface area contributed by atoms with Gasteiger partial charge in [-0.15, -0.1) is 0 Å². The number of benzene rings is 2. The summed E-state index contributed by atoms with van der Waals surface area (Å²) in [5.41, 5.74) is 1.60. The van der Waals surface area contributed by atoms with E-state index in [2.05, 4.69) is 5.32 Å². The summed E-state index contributed by atoms with van der Waals surface area (Å²) < 4.78 is 26.6. The molecule has 2 amide bonds. The van der Waals surface area contributed by atoms with Crippen LogP contribution in [0, 0.1) is 0 Å². The van der Waals surface area contributed by atoms with Crippen LogP contribution in [0.2, 0.25) is 0 Å². The first-order valence-electron chi connectivity index (χ1n) is 13.3. The monoisotopic (exact) mass is 541 g/mol. The van der Waals surface area contributed by atoms with Crippen molar-refractivity contribution in [3.63, 3.8) is 0 Å². The van der Waals surface area contributed by atoms with Crippen molar-refractivity contribution in [1.29, 1.82) is 0 Å². The number of carbonyl (C=O) groups excluding carboxylic acids is 3. The molecule has 0 aliphatic heterocycles. The van der Waals surface area contributed by atoms with Crippen LogP contribution in [0.25, 0.3) is 0 Å². The van der Waals surface area contributed by atoms with E-state index in [1.807, 2.05) is 37.3 Å². The number of hydrogen-bond acceptors (Lipinski definition) is 5. The molecule has 0 saturated heterocycles. The van der Waals surface area contributed by atoms with Crippen molar-refractivity contribution in [3.8, 4) is 0 Å². The quantitative estimate of drug-likeness (QED) is 0.410. The third kappa shape index (κ3) is 8.15. The lowest BCUT2D eigenvalue weighted by atomic mass is 9.95. The molecule has 206 valence electrons. The van der Waals surface area contributed by atoms with Crippen LogP contribution in [0.15, 0.2) is 54.6 Å². The van der Waals surface area contributed by atoms with Crippen LogP contribution in [0.1, 0.15) is 68.3 Å². The Kier molecular flexibility index (Phi) is 10.5. The average molecular weight is 542 g/mol. The van der Waals surface area contributed by atoms with E-state index in [-0.39, 0.29) is 30.0 Å². The van der Waals surface area contributed by atoms with Crippen LogP contribution in [0.5, 0.6) is 0 Å². The molecule has 1 aliphatic rings. The number of rotatable bonds is 12. The van der Waals surface area contributed by atoms with Crippen LogP contribution in [0.3, 0.4) is 0 Å². The molecule has 0 heterocycles. The van der Waals surface area contributed by atoms with Gasteiger partial charge in [-0.05, 0) is 50.3 Å². The highest BCUT2D eigenvalue weighted by Crippen LogP contribution is 2.22. The van der Waals surface area contributed by atoms with E-state index in [1.165, 1.54) is 17.9 Å². The zero-order valence-electron chi connectivity index (χ0n) is 22.6. The Morgan fingerprint density at radius 2 is 1.68 bits per heavy atom. The Morgan fingerprint density at radius 1 is 1.00 bits per heavy atom. The molecule has 0 unspecified atom stereocenters. The highest BCUT2D eigenvalue weighted by molar-refractivity contribution is 7.92. The number of carbonyl (C=O) groups is 3. The van der Waals surface area contributed by atoms with E-state index >= 15 is 0 Å². The van der Waals surface area contributed by atoms with Gasteiger partial charge in [-0.3, -0.25) is 18.7 Å². The molecule has 38 heavy (non-hydrogen) atoms. The molecule has 0 aromatic heterocycles. The van der Waals surface area contributed by atoms with E-state index in [0.29, 0.717) is 18.4 Å². The van der Waals surface area contributed by atoms with E-state index < -0.39 is 28.5 Å². The number of hydrogen-bond donors (Lipinski definition) is 1. The van der Waals surface area contributed by atoms with Crippen LogP contribution >= 0.6 is 0 Å². The lowest BCUT2D eigenvalue weighted by molar-refractivity contribution is -0.140. The maximum Gasteiger partial charge on any atom is 0.244 e. The molecule has 0 spiro atoms. The number of ketones is 1. The lowest BCUT2D eigenvalue weighted by Gasteiger charge is -2.34. The van der Waals surface area contributed by atoms with Gasteiger partial charge in [-0.1, -0.05) is 68.7 Å². The predicted octanol–water partition coefficient (Wildman–Crippen LogP) is 3.95. The van der Waals surface area contributed by atoms with Crippen molar-refractivity contribution in [2.45, 2.75) is 70.9 Å². The Bertz CT molecular complexity index is 1210. The second kappa shape index (κ2) is 13.6. The van der Waals surface area contributed by atoms with Gasteiger partial charge >= 0.3 is 0 Å². The predicted molar refractivity (Wildman–Crippen MR) is 150 cm³/mol. The third-order valence-electron chi connectivity index (χ3n) is 7.04. The van der Waals surface area contributed by atoms with Gasteiger partial charge in [0.2, 0.25) is 21.8 Å². The topological polar surface area (TPSA) is 104 Å². The summed E-state index contributed by atoms with van der Waals surface area (Å²) in [4.78, 5) is 40.6. The van der Waals surface area contributed by atoms with Crippen molar-refractivity contribution in [3.05, 3.63) is 65.7 Å². The number of nitrogens with one attached hydrogen (secondary N) is 1. The fraction of sp³-hybridized carbons (Fsp3) is 0.483. The van der Waals surface area contributed by atoms with Crippen molar-refractivity contribution in [2.75, 3.05) is 23.7 Å². The zero-order valence-corrected chi connectivity index (χ0v) is 23.4. The Morgan fingerprint density at radius 3 is 2.29 bits per heavy atom. The Hall–Kier alpha value is -3.20. The first-order chi connectivity index (χ1) is 18.1. The summed E-state index contributed by atoms with van der Waals surface area (Å²) in [6, 6.07) is 15.3. The number of anilines is 1. The van der Waals surface area contributed by atoms with Gasteiger partial charge in [0.15, 0.2) is 5.78 Å². The molecule has 1 N–H and O–H groups in total. The molecule has 1 aliphatic carbocycles. The van der Waals surface area contributed by atoms with Gasteiger partial charge in [0.25, 0.3) is 0 Å². The minimum Gasteiger partial charge on any atom is -0.352 e. The molecule has 9 heteroatoms. The van der Waals surface area contributed by atoms with Gasteiger partial charge in [0.05, 0.1) is 11.9 Å². The van der Waals surface area contributed by atoms with E-state index in [4.69, 9.17) is 0 Å². The average Bonchev–Trinajstić information content (AvgIpc) is 2.90. The second-order valence-corrected chi connectivity index (χ2v) is 11.9. The summed E-state index contributed by atoms with van der Waals surface area (Å²) in [5, 5.41) is 3.14. The SMILES string of the molecule is CC[C@H](C(=O)NC1CCCCC1)N(CCc1ccccc1)C(=O)CN(c1cccc(C(C)=O)c1)S(C)(=O)=O. The molecule has 8 nitrogen and oxygen atoms in total. The molecular weight excluding hydrogens is 502 g/mol. The van der Waals surface area contributed by atoms with Crippen molar-refractivity contribution in [2.24, 2.45) is 0 Å². The summed E-state index contributed by atoms with van der Waals surface area (Å²) in [7, 11) is -3.86. The number of nitrogens with zero attached hydrogens (tertiary/aromatic N) is 2. The van der Waals surface area contributed by atoms with Gasteiger partial charge in [0, 0.05) is 18.2 Å². The van der Waals surface area contributed by atoms with Crippen molar-refractivity contribution in [1.82, 2.24) is 10.2 Å². The van der Waals surface area contributed by atoms with Gasteiger partial charge < -0.3 is 10.2 Å². The largest absolute Gasteiger partial charge is 0.352 e. The van der Waals surface area contributed by atoms with E-state index in [9.17, 15) is 22.8 Å². The van der Waals surface area contributed by atoms with Gasteiger partial charge in [-0.2, -0.15) is 0 Å². The maximum atomic E-state index is 13.8. The molecule has 2 aromatic carbocycles. The first-order valence-corrected chi connectivity index (χ1v) is 15.2. The van der Waals surface area contributed by atoms with Crippen LogP contribution in [0.4, 0.5) is 5.69 Å². The van der Waals surface area contributed by atoms with Crippen molar-refractivity contribution < 1.29 is 22.8 Å². The molecule has 1 fully saturated rings. The third-order valence-corrected chi connectivity index (χ3v) is 8.18. The standard InChI is InChI=1S/C29H39N3O5S/c1-4-27(29(35)30-25-15-9-6-10-16-25)31(19-18-23-12-7-5-8-13-23)28(34)21-32(38(3,36)37)26-17-11-14-24(20-26)22(2)33/h5,7-8,11-14,17,20,25,27H,4,6,9-10,15-16,18-19,21H2,1-3H3,(H,30,35)/t27-/m1/s1. The number of amides is 2. The molecule has 1 atom stereocenters. The maximum absolute atomic E-state index is 13.8. The van der Waals surface area contributed by atoms with E-state index in [1.54, 1.807) is 18.2 Å². The number of sulfonamides is 1. The minimum atomic E-state index is -3.86. The molecule has 3 rings (SSSR count).